The molecule has 0 radical (unpaired) electrons. The Bertz CT molecular complexity index is 637. The summed E-state index contributed by atoms with van der Waals surface area (Å²) in [6, 6.07) is 8.98. The van der Waals surface area contributed by atoms with Crippen molar-refractivity contribution in [1.29, 1.82) is 0 Å². The second-order valence-corrected chi connectivity index (χ2v) is 6.63. The normalized spacial score (nSPS) is 20.2. The van der Waals surface area contributed by atoms with E-state index in [9.17, 15) is 0 Å². The highest BCUT2D eigenvalue weighted by Gasteiger charge is 2.22. The van der Waals surface area contributed by atoms with E-state index in [4.69, 9.17) is 0 Å². The molecule has 3 nitrogen and oxygen atoms in total. The third-order valence-corrected chi connectivity index (χ3v) is 5.19. The predicted octanol–water partition coefficient (Wildman–Crippen LogP) is 2.73. The molecule has 0 spiro atoms. The van der Waals surface area contributed by atoms with E-state index >= 15 is 0 Å². The summed E-state index contributed by atoms with van der Waals surface area (Å²) in [6.45, 7) is 7.24. The van der Waals surface area contributed by atoms with Crippen LogP contribution < -0.4 is 0 Å². The Morgan fingerprint density at radius 3 is 2.67 bits per heavy atom. The molecule has 0 saturated carbocycles. The standard InChI is InChI=1S/C18H25N3/c1-19-11-8-18-16(14-19)15-6-2-3-7-17(15)21(18)13-12-20-9-4-5-10-20/h2-3,6-7H,4-5,8-14H2,1H3. The van der Waals surface area contributed by atoms with E-state index in [0.717, 1.165) is 13.1 Å². The fourth-order valence-corrected chi connectivity index (χ4v) is 4.04. The highest BCUT2D eigenvalue weighted by atomic mass is 15.2. The number of likely N-dealkylation sites (N-methyl/N-ethyl adjacent to an activating group) is 1. The number of benzene rings is 1. The number of aromatic nitrogens is 1. The van der Waals surface area contributed by atoms with Crippen molar-refractivity contribution < 1.29 is 0 Å². The first-order valence-corrected chi connectivity index (χ1v) is 8.33. The van der Waals surface area contributed by atoms with Crippen LogP contribution in [0.3, 0.4) is 0 Å². The van der Waals surface area contributed by atoms with Gasteiger partial charge in [0, 0.05) is 49.2 Å². The monoisotopic (exact) mass is 283 g/mol. The quantitative estimate of drug-likeness (QED) is 0.858. The van der Waals surface area contributed by atoms with E-state index in [1.165, 1.54) is 56.3 Å². The number of rotatable bonds is 3. The third kappa shape index (κ3) is 2.39. The Kier molecular flexibility index (Phi) is 3.48. The van der Waals surface area contributed by atoms with Gasteiger partial charge in [0.2, 0.25) is 0 Å². The molecule has 0 atom stereocenters. The average molecular weight is 283 g/mol. The van der Waals surface area contributed by atoms with Crippen LogP contribution in [-0.4, -0.2) is 47.6 Å². The van der Waals surface area contributed by atoms with Crippen molar-refractivity contribution in [2.75, 3.05) is 33.2 Å². The van der Waals surface area contributed by atoms with Gasteiger partial charge in [-0.1, -0.05) is 18.2 Å². The Balaban J connectivity index is 1.69. The number of hydrogen-bond donors (Lipinski definition) is 0. The second-order valence-electron chi connectivity index (χ2n) is 6.63. The van der Waals surface area contributed by atoms with Crippen molar-refractivity contribution in [3.8, 4) is 0 Å². The minimum atomic E-state index is 1.10. The summed E-state index contributed by atoms with van der Waals surface area (Å²) in [5.74, 6) is 0. The maximum atomic E-state index is 2.62. The third-order valence-electron chi connectivity index (χ3n) is 5.19. The number of likely N-dealkylation sites (tertiary alicyclic amines) is 1. The molecular weight excluding hydrogens is 258 g/mol. The molecule has 0 aliphatic carbocycles. The maximum absolute atomic E-state index is 2.62. The summed E-state index contributed by atoms with van der Waals surface area (Å²) < 4.78 is 2.61. The van der Waals surface area contributed by atoms with Crippen LogP contribution in [0.4, 0.5) is 0 Å². The fourth-order valence-electron chi connectivity index (χ4n) is 4.04. The van der Waals surface area contributed by atoms with Crippen molar-refractivity contribution in [3.63, 3.8) is 0 Å². The van der Waals surface area contributed by atoms with Crippen LogP contribution in [0.5, 0.6) is 0 Å². The van der Waals surface area contributed by atoms with Gasteiger partial charge in [-0.2, -0.15) is 0 Å². The molecule has 2 aliphatic heterocycles. The molecule has 21 heavy (non-hydrogen) atoms. The van der Waals surface area contributed by atoms with E-state index in [1.54, 1.807) is 11.3 Å². The molecule has 1 aromatic carbocycles. The number of nitrogens with zero attached hydrogens (tertiary/aromatic N) is 3. The Morgan fingerprint density at radius 1 is 1.00 bits per heavy atom. The molecule has 4 rings (SSSR count). The molecule has 3 heterocycles. The molecule has 1 fully saturated rings. The van der Waals surface area contributed by atoms with E-state index in [2.05, 4.69) is 45.7 Å². The van der Waals surface area contributed by atoms with E-state index < -0.39 is 0 Å². The zero-order valence-corrected chi connectivity index (χ0v) is 13.0. The van der Waals surface area contributed by atoms with Gasteiger partial charge >= 0.3 is 0 Å². The summed E-state index contributed by atoms with van der Waals surface area (Å²) in [5.41, 5.74) is 4.60. The summed E-state index contributed by atoms with van der Waals surface area (Å²) in [4.78, 5) is 5.07. The maximum Gasteiger partial charge on any atom is 0.0486 e. The number of fused-ring (bicyclic) bond motifs is 3. The van der Waals surface area contributed by atoms with Crippen molar-refractivity contribution in [3.05, 3.63) is 35.5 Å². The van der Waals surface area contributed by atoms with E-state index in [-0.39, 0.29) is 0 Å². The van der Waals surface area contributed by atoms with Crippen LogP contribution in [0.15, 0.2) is 24.3 Å². The first-order chi connectivity index (χ1) is 10.3. The van der Waals surface area contributed by atoms with Crippen molar-refractivity contribution >= 4 is 10.9 Å². The SMILES string of the molecule is CN1CCc2c(c3ccccc3n2CCN2CCCC2)C1. The molecule has 3 heteroatoms. The molecule has 0 amide bonds. The highest BCUT2D eigenvalue weighted by Crippen LogP contribution is 2.30. The van der Waals surface area contributed by atoms with Gasteiger partial charge in [0.1, 0.15) is 0 Å². The zero-order valence-electron chi connectivity index (χ0n) is 13.0. The molecule has 112 valence electrons. The van der Waals surface area contributed by atoms with Gasteiger partial charge < -0.3 is 14.4 Å². The smallest absolute Gasteiger partial charge is 0.0486 e. The Hall–Kier alpha value is -1.32. The predicted molar refractivity (Wildman–Crippen MR) is 87.7 cm³/mol. The van der Waals surface area contributed by atoms with Gasteiger partial charge in [0.15, 0.2) is 0 Å². The van der Waals surface area contributed by atoms with Gasteiger partial charge in [-0.25, -0.2) is 0 Å². The van der Waals surface area contributed by atoms with Crippen molar-refractivity contribution in [2.45, 2.75) is 32.4 Å². The number of para-hydroxylation sites is 1. The van der Waals surface area contributed by atoms with E-state index in [0.29, 0.717) is 0 Å². The van der Waals surface area contributed by atoms with Gasteiger partial charge in [0.05, 0.1) is 0 Å². The lowest BCUT2D eigenvalue weighted by atomic mass is 10.1. The molecule has 0 unspecified atom stereocenters. The number of hydrogen-bond acceptors (Lipinski definition) is 2. The molecular formula is C18H25N3. The Labute approximate surface area is 127 Å². The molecule has 1 aromatic heterocycles. The fraction of sp³-hybridized carbons (Fsp3) is 0.556. The minimum Gasteiger partial charge on any atom is -0.343 e. The van der Waals surface area contributed by atoms with E-state index in [1.807, 2.05) is 0 Å². The molecule has 2 aromatic rings. The molecule has 0 bridgehead atoms. The van der Waals surface area contributed by atoms with Crippen molar-refractivity contribution in [1.82, 2.24) is 14.4 Å². The Morgan fingerprint density at radius 2 is 1.81 bits per heavy atom. The lowest BCUT2D eigenvalue weighted by Crippen LogP contribution is -2.29. The molecule has 2 aliphatic rings. The van der Waals surface area contributed by atoms with Crippen LogP contribution in [0.25, 0.3) is 10.9 Å². The first kappa shape index (κ1) is 13.4. The largest absolute Gasteiger partial charge is 0.343 e. The van der Waals surface area contributed by atoms with Crippen LogP contribution in [0, 0.1) is 0 Å². The zero-order chi connectivity index (χ0) is 14.2. The molecule has 1 saturated heterocycles. The topological polar surface area (TPSA) is 11.4 Å². The lowest BCUT2D eigenvalue weighted by Gasteiger charge is -2.25. The van der Waals surface area contributed by atoms with Crippen LogP contribution >= 0.6 is 0 Å². The van der Waals surface area contributed by atoms with Crippen LogP contribution in [0.2, 0.25) is 0 Å². The lowest BCUT2D eigenvalue weighted by molar-refractivity contribution is 0.300. The van der Waals surface area contributed by atoms with Gasteiger partial charge in [-0.05, 0) is 44.6 Å². The average Bonchev–Trinajstić information content (AvgIpc) is 3.11. The summed E-state index contributed by atoms with van der Waals surface area (Å²) in [5, 5.41) is 1.47. The van der Waals surface area contributed by atoms with Crippen LogP contribution in [0.1, 0.15) is 24.1 Å². The first-order valence-electron chi connectivity index (χ1n) is 8.33. The van der Waals surface area contributed by atoms with Crippen molar-refractivity contribution in [2.24, 2.45) is 0 Å². The van der Waals surface area contributed by atoms with Gasteiger partial charge in [-0.15, -0.1) is 0 Å². The van der Waals surface area contributed by atoms with Gasteiger partial charge in [0.25, 0.3) is 0 Å². The summed E-state index contributed by atoms with van der Waals surface area (Å²) in [7, 11) is 2.24. The second kappa shape index (κ2) is 5.47. The van der Waals surface area contributed by atoms with Crippen LogP contribution in [-0.2, 0) is 19.5 Å². The molecule has 0 N–H and O–H groups in total. The summed E-state index contributed by atoms with van der Waals surface area (Å²) in [6.07, 6.45) is 3.96. The highest BCUT2D eigenvalue weighted by molar-refractivity contribution is 5.85. The minimum absolute atomic E-state index is 1.10. The van der Waals surface area contributed by atoms with Gasteiger partial charge in [-0.3, -0.25) is 0 Å². The summed E-state index contributed by atoms with van der Waals surface area (Å²) >= 11 is 0.